The van der Waals surface area contributed by atoms with Crippen LogP contribution in [0.25, 0.3) is 0 Å². The molecule has 0 aliphatic heterocycles. The van der Waals surface area contributed by atoms with Gasteiger partial charge in [0.05, 0.1) is 0 Å². The van der Waals surface area contributed by atoms with Crippen molar-refractivity contribution in [3.63, 3.8) is 0 Å². The Kier molecular flexibility index (Phi) is 10.4. The van der Waals surface area contributed by atoms with Crippen LogP contribution in [-0.2, 0) is 22.6 Å². The molecule has 3 aromatic rings. The molecule has 0 fully saturated rings. The number of hydrogen-bond donors (Lipinski definition) is 1. The second kappa shape index (κ2) is 13.5. The number of rotatable bonds is 11. The first kappa shape index (κ1) is 28.5. The summed E-state index contributed by atoms with van der Waals surface area (Å²) in [5.74, 6) is 0.334. The minimum absolute atomic E-state index is 0.137. The summed E-state index contributed by atoms with van der Waals surface area (Å²) in [6, 6.07) is 19.7. The first-order valence-electron chi connectivity index (χ1n) is 12.4. The molecule has 1 unspecified atom stereocenters. The van der Waals surface area contributed by atoms with Gasteiger partial charge in [0.2, 0.25) is 5.91 Å². The van der Waals surface area contributed by atoms with E-state index in [0.717, 1.165) is 16.7 Å². The first-order chi connectivity index (χ1) is 17.6. The van der Waals surface area contributed by atoms with Gasteiger partial charge in [-0.3, -0.25) is 9.59 Å². The summed E-state index contributed by atoms with van der Waals surface area (Å²) in [4.78, 5) is 28.7. The van der Waals surface area contributed by atoms with Crippen LogP contribution in [0.15, 0.2) is 66.7 Å². The molecule has 1 atom stereocenters. The van der Waals surface area contributed by atoms with Gasteiger partial charge < -0.3 is 15.0 Å². The zero-order chi connectivity index (χ0) is 26.9. The molecule has 3 rings (SSSR count). The van der Waals surface area contributed by atoms with Gasteiger partial charge in [-0.15, -0.1) is 0 Å². The van der Waals surface area contributed by atoms with Gasteiger partial charge in [-0.1, -0.05) is 79.5 Å². The molecule has 0 aliphatic carbocycles. The van der Waals surface area contributed by atoms with Crippen molar-refractivity contribution in [2.24, 2.45) is 5.92 Å². The van der Waals surface area contributed by atoms with Crippen molar-refractivity contribution in [3.8, 4) is 5.75 Å². The highest BCUT2D eigenvalue weighted by Gasteiger charge is 2.31. The molecule has 37 heavy (non-hydrogen) atoms. The molecule has 2 amide bonds. The van der Waals surface area contributed by atoms with E-state index in [-0.39, 0.29) is 30.9 Å². The Bertz CT molecular complexity index is 1210. The Morgan fingerprint density at radius 2 is 1.68 bits per heavy atom. The minimum atomic E-state index is -0.760. The number of nitrogens with one attached hydrogen (secondary N) is 1. The van der Waals surface area contributed by atoms with Gasteiger partial charge in [0.15, 0.2) is 6.61 Å². The van der Waals surface area contributed by atoms with E-state index in [1.54, 1.807) is 23.1 Å². The maximum Gasteiger partial charge on any atom is 0.261 e. The quantitative estimate of drug-likeness (QED) is 0.306. The Morgan fingerprint density at radius 3 is 2.32 bits per heavy atom. The Balaban J connectivity index is 1.93. The highest BCUT2D eigenvalue weighted by atomic mass is 35.5. The smallest absolute Gasteiger partial charge is 0.261 e. The molecule has 0 bridgehead atoms. The van der Waals surface area contributed by atoms with Gasteiger partial charge in [-0.2, -0.15) is 0 Å². The molecule has 0 heterocycles. The maximum atomic E-state index is 13.7. The number of aryl methyl sites for hydroxylation is 2. The zero-order valence-electron chi connectivity index (χ0n) is 21.8. The molecule has 7 heteroatoms. The van der Waals surface area contributed by atoms with E-state index in [1.165, 1.54) is 0 Å². The van der Waals surface area contributed by atoms with Crippen molar-refractivity contribution in [1.82, 2.24) is 10.2 Å². The number of amides is 2. The van der Waals surface area contributed by atoms with E-state index in [2.05, 4.69) is 5.32 Å². The summed E-state index contributed by atoms with van der Waals surface area (Å²) in [5.41, 5.74) is 3.86. The SMILES string of the molecule is Cc1ccc(OCC(=O)N(Cc2ccc(Cl)cc2Cl)C(Cc2ccccc2)C(=O)NCC(C)C)cc1C. The number of halogens is 2. The van der Waals surface area contributed by atoms with Gasteiger partial charge in [-0.25, -0.2) is 0 Å². The molecule has 0 aliphatic rings. The molecule has 196 valence electrons. The second-order valence-corrected chi connectivity index (χ2v) is 10.5. The van der Waals surface area contributed by atoms with Crippen LogP contribution in [0.2, 0.25) is 10.0 Å². The summed E-state index contributed by atoms with van der Waals surface area (Å²) in [6.45, 7) is 8.50. The summed E-state index contributed by atoms with van der Waals surface area (Å²) >= 11 is 12.6. The third-order valence-electron chi connectivity index (χ3n) is 6.15. The van der Waals surface area contributed by atoms with Crippen molar-refractivity contribution in [2.45, 2.75) is 46.7 Å². The standard InChI is InChI=1S/C30H34Cl2N2O3/c1-20(2)17-33-30(36)28(15-23-8-6-5-7-9-23)34(18-24-11-12-25(31)16-27(24)32)29(35)19-37-26-13-10-21(3)22(4)14-26/h5-14,16,20,28H,15,17-19H2,1-4H3,(H,33,36). The van der Waals surface area contributed by atoms with Crippen molar-refractivity contribution < 1.29 is 14.3 Å². The lowest BCUT2D eigenvalue weighted by Crippen LogP contribution is -2.52. The molecule has 0 saturated carbocycles. The summed E-state index contributed by atoms with van der Waals surface area (Å²) in [7, 11) is 0. The highest BCUT2D eigenvalue weighted by Crippen LogP contribution is 2.24. The predicted octanol–water partition coefficient (Wildman–Crippen LogP) is 6.40. The van der Waals surface area contributed by atoms with Crippen LogP contribution < -0.4 is 10.1 Å². The van der Waals surface area contributed by atoms with E-state index < -0.39 is 6.04 Å². The van der Waals surface area contributed by atoms with E-state index in [4.69, 9.17) is 27.9 Å². The van der Waals surface area contributed by atoms with Crippen LogP contribution in [-0.4, -0.2) is 35.9 Å². The van der Waals surface area contributed by atoms with Crippen LogP contribution in [0, 0.1) is 19.8 Å². The van der Waals surface area contributed by atoms with Gasteiger partial charge in [-0.05, 0) is 66.3 Å². The van der Waals surface area contributed by atoms with Crippen LogP contribution >= 0.6 is 23.2 Å². The monoisotopic (exact) mass is 540 g/mol. The molecular weight excluding hydrogens is 507 g/mol. The average molecular weight is 542 g/mol. The molecule has 0 aromatic heterocycles. The molecule has 3 aromatic carbocycles. The molecule has 0 saturated heterocycles. The van der Waals surface area contributed by atoms with Gasteiger partial charge in [0.25, 0.3) is 5.91 Å². The third-order valence-corrected chi connectivity index (χ3v) is 6.74. The lowest BCUT2D eigenvalue weighted by molar-refractivity contribution is -0.142. The molecule has 1 N–H and O–H groups in total. The molecule has 0 spiro atoms. The number of ether oxygens (including phenoxy) is 1. The molecule has 5 nitrogen and oxygen atoms in total. The fraction of sp³-hybridized carbons (Fsp3) is 0.333. The second-order valence-electron chi connectivity index (χ2n) is 9.64. The number of carbonyl (C=O) groups excluding carboxylic acids is 2. The van der Waals surface area contributed by atoms with Crippen molar-refractivity contribution in [1.29, 1.82) is 0 Å². The summed E-state index contributed by atoms with van der Waals surface area (Å²) in [6.07, 6.45) is 0.353. The summed E-state index contributed by atoms with van der Waals surface area (Å²) < 4.78 is 5.87. The van der Waals surface area contributed by atoms with E-state index >= 15 is 0 Å². The lowest BCUT2D eigenvalue weighted by Gasteiger charge is -2.32. The first-order valence-corrected chi connectivity index (χ1v) is 13.1. The van der Waals surface area contributed by atoms with Crippen molar-refractivity contribution >= 4 is 35.0 Å². The van der Waals surface area contributed by atoms with Gasteiger partial charge in [0.1, 0.15) is 11.8 Å². The largest absolute Gasteiger partial charge is 0.484 e. The zero-order valence-corrected chi connectivity index (χ0v) is 23.3. The Hall–Kier alpha value is -3.02. The average Bonchev–Trinajstić information content (AvgIpc) is 2.87. The number of benzene rings is 3. The van der Waals surface area contributed by atoms with Crippen molar-refractivity contribution in [2.75, 3.05) is 13.2 Å². The van der Waals surface area contributed by atoms with Crippen LogP contribution in [0.1, 0.15) is 36.1 Å². The number of nitrogens with zero attached hydrogens (tertiary/aromatic N) is 1. The number of hydrogen-bond acceptors (Lipinski definition) is 3. The fourth-order valence-electron chi connectivity index (χ4n) is 3.84. The normalized spacial score (nSPS) is 11.8. The van der Waals surface area contributed by atoms with Gasteiger partial charge in [0, 0.05) is 29.6 Å². The molecule has 0 radical (unpaired) electrons. The van der Waals surface area contributed by atoms with E-state index in [9.17, 15) is 9.59 Å². The Labute approximate surface area is 229 Å². The van der Waals surface area contributed by atoms with E-state index in [0.29, 0.717) is 34.3 Å². The minimum Gasteiger partial charge on any atom is -0.484 e. The predicted molar refractivity (Wildman–Crippen MR) is 150 cm³/mol. The topological polar surface area (TPSA) is 58.6 Å². The Morgan fingerprint density at radius 1 is 0.946 bits per heavy atom. The summed E-state index contributed by atoms with van der Waals surface area (Å²) in [5, 5.41) is 3.94. The van der Waals surface area contributed by atoms with Crippen LogP contribution in [0.4, 0.5) is 0 Å². The van der Waals surface area contributed by atoms with E-state index in [1.807, 2.05) is 76.2 Å². The molecular formula is C30H34Cl2N2O3. The fourth-order valence-corrected chi connectivity index (χ4v) is 4.31. The maximum absolute atomic E-state index is 13.7. The van der Waals surface area contributed by atoms with Crippen molar-refractivity contribution in [3.05, 3.63) is 99.0 Å². The van der Waals surface area contributed by atoms with Crippen LogP contribution in [0.3, 0.4) is 0 Å². The van der Waals surface area contributed by atoms with Gasteiger partial charge >= 0.3 is 0 Å². The highest BCUT2D eigenvalue weighted by molar-refractivity contribution is 6.35. The van der Waals surface area contributed by atoms with Crippen LogP contribution in [0.5, 0.6) is 5.75 Å². The lowest BCUT2D eigenvalue weighted by atomic mass is 10.0. The number of carbonyl (C=O) groups is 2. The third kappa shape index (κ3) is 8.51.